The molecular weight excluding hydrogens is 264 g/mol. The Morgan fingerprint density at radius 2 is 2.10 bits per heavy atom. The van der Waals surface area contributed by atoms with Crippen LogP contribution in [0.3, 0.4) is 0 Å². The van der Waals surface area contributed by atoms with Crippen LogP contribution in [0.4, 0.5) is 0 Å². The second kappa shape index (κ2) is 7.12. The van der Waals surface area contributed by atoms with E-state index in [1.165, 1.54) is 0 Å². The number of likely N-dealkylation sites (tertiary alicyclic amines) is 1. The molecule has 1 heterocycles. The maximum Gasteiger partial charge on any atom is 0.260 e. The van der Waals surface area contributed by atoms with Crippen LogP contribution < -0.4 is 4.74 Å². The lowest BCUT2D eigenvalue weighted by Gasteiger charge is -2.27. The maximum absolute atomic E-state index is 12.3. The predicted octanol–water partition coefficient (Wildman–Crippen LogP) is 2.92. The van der Waals surface area contributed by atoms with Crippen LogP contribution >= 0.6 is 0 Å². The van der Waals surface area contributed by atoms with Crippen LogP contribution in [0.5, 0.6) is 5.75 Å². The van der Waals surface area contributed by atoms with Gasteiger partial charge in [-0.1, -0.05) is 19.1 Å². The molecule has 0 unspecified atom stereocenters. The minimum absolute atomic E-state index is 0.0629. The molecule has 0 aliphatic carbocycles. The standard InChI is InChI=1S/C17H22N2O2/c1-3-15-7-4-13(2)19(15)17(20)12-21-16-8-5-14(6-9-16)10-11-18/h5-6,8-9,13,15H,3-4,7,10,12H2,1-2H3/t13-,15-/m1/s1. The maximum atomic E-state index is 12.3. The topological polar surface area (TPSA) is 53.3 Å². The van der Waals surface area contributed by atoms with Crippen molar-refractivity contribution in [1.29, 1.82) is 5.26 Å². The largest absolute Gasteiger partial charge is 0.484 e. The van der Waals surface area contributed by atoms with Crippen LogP contribution in [0.15, 0.2) is 24.3 Å². The molecule has 0 N–H and O–H groups in total. The second-order valence-corrected chi connectivity index (χ2v) is 5.56. The van der Waals surface area contributed by atoms with E-state index < -0.39 is 0 Å². The van der Waals surface area contributed by atoms with E-state index in [1.54, 1.807) is 0 Å². The average molecular weight is 286 g/mol. The Bertz CT molecular complexity index is 519. The van der Waals surface area contributed by atoms with Crippen LogP contribution in [0.25, 0.3) is 0 Å². The SMILES string of the molecule is CC[C@@H]1CC[C@@H](C)N1C(=O)COc1ccc(CC#N)cc1. The van der Waals surface area contributed by atoms with Crippen molar-refractivity contribution in [3.63, 3.8) is 0 Å². The summed E-state index contributed by atoms with van der Waals surface area (Å²) in [5, 5.41) is 8.63. The quantitative estimate of drug-likeness (QED) is 0.836. The first-order valence-electron chi connectivity index (χ1n) is 7.55. The van der Waals surface area contributed by atoms with Crippen LogP contribution in [0.1, 0.15) is 38.7 Å². The predicted molar refractivity (Wildman–Crippen MR) is 80.9 cm³/mol. The third-order valence-corrected chi connectivity index (χ3v) is 4.11. The van der Waals surface area contributed by atoms with E-state index in [1.807, 2.05) is 29.2 Å². The molecular formula is C17H22N2O2. The molecule has 0 aromatic heterocycles. The lowest BCUT2D eigenvalue weighted by Crippen LogP contribution is -2.42. The summed E-state index contributed by atoms with van der Waals surface area (Å²) in [6.45, 7) is 4.31. The van der Waals surface area contributed by atoms with Gasteiger partial charge in [0.1, 0.15) is 5.75 Å². The van der Waals surface area contributed by atoms with Crippen molar-refractivity contribution < 1.29 is 9.53 Å². The number of hydrogen-bond acceptors (Lipinski definition) is 3. The first-order chi connectivity index (χ1) is 10.2. The third-order valence-electron chi connectivity index (χ3n) is 4.11. The highest BCUT2D eigenvalue weighted by Gasteiger charge is 2.33. The molecule has 1 aromatic rings. The van der Waals surface area contributed by atoms with E-state index in [-0.39, 0.29) is 12.5 Å². The van der Waals surface area contributed by atoms with Crippen molar-refractivity contribution in [2.24, 2.45) is 0 Å². The summed E-state index contributed by atoms with van der Waals surface area (Å²) in [4.78, 5) is 14.3. The fourth-order valence-electron chi connectivity index (χ4n) is 2.94. The Hall–Kier alpha value is -2.02. The summed E-state index contributed by atoms with van der Waals surface area (Å²) < 4.78 is 5.58. The van der Waals surface area contributed by atoms with Gasteiger partial charge in [-0.3, -0.25) is 4.79 Å². The van der Waals surface area contributed by atoms with Crippen molar-refractivity contribution in [2.45, 2.75) is 51.6 Å². The molecule has 1 fully saturated rings. The molecule has 21 heavy (non-hydrogen) atoms. The Morgan fingerprint density at radius 3 is 2.71 bits per heavy atom. The van der Waals surface area contributed by atoms with Crippen molar-refractivity contribution in [2.75, 3.05) is 6.61 Å². The van der Waals surface area contributed by atoms with Gasteiger partial charge in [0.15, 0.2) is 6.61 Å². The molecule has 0 bridgehead atoms. The smallest absolute Gasteiger partial charge is 0.260 e. The van der Waals surface area contributed by atoms with E-state index in [9.17, 15) is 4.79 Å². The van der Waals surface area contributed by atoms with Crippen LogP contribution in [0.2, 0.25) is 0 Å². The highest BCUT2D eigenvalue weighted by Crippen LogP contribution is 2.26. The molecule has 0 radical (unpaired) electrons. The van der Waals surface area contributed by atoms with E-state index >= 15 is 0 Å². The van der Waals surface area contributed by atoms with Gasteiger partial charge in [0.05, 0.1) is 12.5 Å². The highest BCUT2D eigenvalue weighted by molar-refractivity contribution is 5.78. The van der Waals surface area contributed by atoms with Gasteiger partial charge >= 0.3 is 0 Å². The monoisotopic (exact) mass is 286 g/mol. The molecule has 4 nitrogen and oxygen atoms in total. The molecule has 4 heteroatoms. The second-order valence-electron chi connectivity index (χ2n) is 5.56. The first kappa shape index (κ1) is 15.4. The summed E-state index contributed by atoms with van der Waals surface area (Å²) in [6.07, 6.45) is 3.56. The molecule has 0 spiro atoms. The number of amides is 1. The van der Waals surface area contributed by atoms with E-state index in [4.69, 9.17) is 10.00 Å². The Kier molecular flexibility index (Phi) is 5.21. The van der Waals surface area contributed by atoms with Gasteiger partial charge in [0.2, 0.25) is 0 Å². The van der Waals surface area contributed by atoms with Gasteiger partial charge in [-0.25, -0.2) is 0 Å². The van der Waals surface area contributed by atoms with Gasteiger partial charge in [0, 0.05) is 12.1 Å². The first-order valence-corrected chi connectivity index (χ1v) is 7.55. The summed E-state index contributed by atoms with van der Waals surface area (Å²) in [6, 6.07) is 10.1. The van der Waals surface area contributed by atoms with E-state index in [2.05, 4.69) is 19.9 Å². The lowest BCUT2D eigenvalue weighted by molar-refractivity contribution is -0.136. The lowest BCUT2D eigenvalue weighted by atomic mass is 10.1. The zero-order valence-corrected chi connectivity index (χ0v) is 12.7. The number of rotatable bonds is 5. The Morgan fingerprint density at radius 1 is 1.38 bits per heavy atom. The van der Waals surface area contributed by atoms with Gasteiger partial charge in [0.25, 0.3) is 5.91 Å². The zero-order chi connectivity index (χ0) is 15.2. The van der Waals surface area contributed by atoms with E-state index in [0.29, 0.717) is 24.3 Å². The minimum atomic E-state index is 0.0629. The number of ether oxygens (including phenoxy) is 1. The molecule has 112 valence electrons. The number of carbonyl (C=O) groups is 1. The molecule has 1 aliphatic heterocycles. The summed E-state index contributed by atoms with van der Waals surface area (Å²) in [5.74, 6) is 0.734. The fourth-order valence-corrected chi connectivity index (χ4v) is 2.94. The number of hydrogen-bond donors (Lipinski definition) is 0. The molecule has 2 rings (SSSR count). The average Bonchev–Trinajstić information content (AvgIpc) is 2.87. The number of carbonyl (C=O) groups excluding carboxylic acids is 1. The molecule has 1 aromatic carbocycles. The van der Waals surface area contributed by atoms with Crippen molar-refractivity contribution in [3.8, 4) is 11.8 Å². The minimum Gasteiger partial charge on any atom is -0.484 e. The zero-order valence-electron chi connectivity index (χ0n) is 12.7. The van der Waals surface area contributed by atoms with Crippen molar-refractivity contribution >= 4 is 5.91 Å². The third kappa shape index (κ3) is 3.75. The normalized spacial score (nSPS) is 21.1. The van der Waals surface area contributed by atoms with Gasteiger partial charge in [-0.05, 0) is 43.9 Å². The molecule has 1 amide bonds. The molecule has 1 saturated heterocycles. The van der Waals surface area contributed by atoms with Crippen LogP contribution in [-0.4, -0.2) is 29.5 Å². The number of nitriles is 1. The number of nitrogens with zero attached hydrogens (tertiary/aromatic N) is 2. The van der Waals surface area contributed by atoms with Crippen LogP contribution in [0, 0.1) is 11.3 Å². The Labute approximate surface area is 126 Å². The molecule has 2 atom stereocenters. The number of benzene rings is 1. The van der Waals surface area contributed by atoms with Crippen LogP contribution in [-0.2, 0) is 11.2 Å². The van der Waals surface area contributed by atoms with Gasteiger partial charge < -0.3 is 9.64 Å². The molecule has 1 aliphatic rings. The molecule has 0 saturated carbocycles. The fraction of sp³-hybridized carbons (Fsp3) is 0.529. The van der Waals surface area contributed by atoms with Crippen molar-refractivity contribution in [3.05, 3.63) is 29.8 Å². The van der Waals surface area contributed by atoms with Gasteiger partial charge in [-0.15, -0.1) is 0 Å². The van der Waals surface area contributed by atoms with E-state index in [0.717, 1.165) is 24.8 Å². The Balaban J connectivity index is 1.90. The van der Waals surface area contributed by atoms with Crippen molar-refractivity contribution in [1.82, 2.24) is 4.90 Å². The van der Waals surface area contributed by atoms with Gasteiger partial charge in [-0.2, -0.15) is 5.26 Å². The summed E-state index contributed by atoms with van der Waals surface area (Å²) in [7, 11) is 0. The highest BCUT2D eigenvalue weighted by atomic mass is 16.5. The summed E-state index contributed by atoms with van der Waals surface area (Å²) >= 11 is 0. The summed E-state index contributed by atoms with van der Waals surface area (Å²) in [5.41, 5.74) is 0.954.